The Balaban J connectivity index is 1.35. The highest BCUT2D eigenvalue weighted by Gasteiger charge is 2.30. The number of amides is 1. The van der Waals surface area contributed by atoms with Crippen molar-refractivity contribution in [3.05, 3.63) is 48.0 Å². The highest BCUT2D eigenvalue weighted by Crippen LogP contribution is 2.34. The minimum atomic E-state index is -3.38. The molecule has 1 aliphatic heterocycles. The van der Waals surface area contributed by atoms with E-state index in [9.17, 15) is 13.2 Å². The number of likely N-dealkylation sites (tertiary alicyclic amines) is 1. The highest BCUT2D eigenvalue weighted by molar-refractivity contribution is 7.92. The molecule has 1 N–H and O–H groups in total. The van der Waals surface area contributed by atoms with Gasteiger partial charge in [-0.05, 0) is 74.4 Å². The van der Waals surface area contributed by atoms with Crippen LogP contribution >= 0.6 is 0 Å². The highest BCUT2D eigenvalue weighted by atomic mass is 32.2. The number of rotatable bonds is 13. The van der Waals surface area contributed by atoms with Crippen LogP contribution in [-0.2, 0) is 21.4 Å². The van der Waals surface area contributed by atoms with Gasteiger partial charge in [0.25, 0.3) is 0 Å². The Bertz CT molecular complexity index is 1230. The lowest BCUT2D eigenvalue weighted by molar-refractivity contribution is -0.136. The maximum atomic E-state index is 13.4. The SMILES string of the molecule is CCCCN(C(=O)CC1CCCCC1)C1CCCN(Cc2ccc(Oc3ccc(NS(C)(=O)=O)cc3OC)cc2)C1. The predicted molar refractivity (Wildman–Crippen MR) is 164 cm³/mol. The monoisotopic (exact) mass is 585 g/mol. The van der Waals surface area contributed by atoms with Gasteiger partial charge in [-0.3, -0.25) is 14.4 Å². The number of hydrogen-bond acceptors (Lipinski definition) is 6. The van der Waals surface area contributed by atoms with Crippen LogP contribution in [0.1, 0.15) is 76.7 Å². The zero-order valence-corrected chi connectivity index (χ0v) is 25.8. The zero-order chi connectivity index (χ0) is 29.2. The van der Waals surface area contributed by atoms with Gasteiger partial charge in [-0.25, -0.2) is 8.42 Å². The Hall–Kier alpha value is -2.78. The molecular formula is C32H47N3O5S. The van der Waals surface area contributed by atoms with Gasteiger partial charge >= 0.3 is 0 Å². The van der Waals surface area contributed by atoms with E-state index in [1.54, 1.807) is 18.2 Å². The van der Waals surface area contributed by atoms with Crippen molar-refractivity contribution < 1.29 is 22.7 Å². The molecule has 2 fully saturated rings. The normalized spacial score (nSPS) is 18.6. The number of benzene rings is 2. The van der Waals surface area contributed by atoms with Gasteiger partial charge in [0, 0.05) is 38.2 Å². The molecule has 0 aromatic heterocycles. The molecule has 1 saturated carbocycles. The summed E-state index contributed by atoms with van der Waals surface area (Å²) in [6.45, 7) is 5.87. The first-order valence-corrected chi connectivity index (χ1v) is 17.1. The lowest BCUT2D eigenvalue weighted by Gasteiger charge is -2.40. The third kappa shape index (κ3) is 9.64. The second kappa shape index (κ2) is 14.9. The van der Waals surface area contributed by atoms with E-state index in [-0.39, 0.29) is 0 Å². The fraction of sp³-hybridized carbons (Fsp3) is 0.594. The largest absolute Gasteiger partial charge is 0.493 e. The number of methoxy groups -OCH3 is 1. The van der Waals surface area contributed by atoms with Crippen molar-refractivity contribution in [2.24, 2.45) is 5.92 Å². The van der Waals surface area contributed by atoms with Crippen LogP contribution in [0.25, 0.3) is 0 Å². The van der Waals surface area contributed by atoms with E-state index in [2.05, 4.69) is 33.6 Å². The van der Waals surface area contributed by atoms with E-state index < -0.39 is 10.0 Å². The summed E-state index contributed by atoms with van der Waals surface area (Å²) in [7, 11) is -1.86. The van der Waals surface area contributed by atoms with Crippen LogP contribution < -0.4 is 14.2 Å². The Morgan fingerprint density at radius 2 is 1.78 bits per heavy atom. The van der Waals surface area contributed by atoms with E-state index >= 15 is 0 Å². The molecule has 41 heavy (non-hydrogen) atoms. The number of carbonyl (C=O) groups excluding carboxylic acids is 1. The van der Waals surface area contributed by atoms with Crippen LogP contribution in [0.2, 0.25) is 0 Å². The predicted octanol–water partition coefficient (Wildman–Crippen LogP) is 6.42. The van der Waals surface area contributed by atoms with Crippen molar-refractivity contribution >= 4 is 21.6 Å². The maximum Gasteiger partial charge on any atom is 0.229 e. The van der Waals surface area contributed by atoms with E-state index in [1.165, 1.54) is 44.8 Å². The molecule has 2 aromatic carbocycles. The number of hydrogen-bond donors (Lipinski definition) is 1. The van der Waals surface area contributed by atoms with Crippen LogP contribution in [0.3, 0.4) is 0 Å². The summed E-state index contributed by atoms with van der Waals surface area (Å²) in [5.41, 5.74) is 1.61. The number of piperidine rings is 1. The number of ether oxygens (including phenoxy) is 2. The minimum absolute atomic E-state index is 0.293. The summed E-state index contributed by atoms with van der Waals surface area (Å²) in [6.07, 6.45) is 12.5. The fourth-order valence-electron chi connectivity index (χ4n) is 6.10. The third-order valence-corrected chi connectivity index (χ3v) is 8.81. The molecule has 0 radical (unpaired) electrons. The lowest BCUT2D eigenvalue weighted by Crippen LogP contribution is -2.50. The van der Waals surface area contributed by atoms with Gasteiger partial charge in [-0.15, -0.1) is 0 Å². The van der Waals surface area contributed by atoms with Gasteiger partial charge in [0.05, 0.1) is 19.1 Å². The van der Waals surface area contributed by atoms with Crippen LogP contribution in [0, 0.1) is 5.92 Å². The first-order valence-electron chi connectivity index (χ1n) is 15.2. The van der Waals surface area contributed by atoms with E-state index in [1.807, 2.05) is 12.1 Å². The van der Waals surface area contributed by atoms with Crippen molar-refractivity contribution in [2.45, 2.75) is 83.7 Å². The van der Waals surface area contributed by atoms with Crippen LogP contribution in [0.4, 0.5) is 5.69 Å². The number of sulfonamides is 1. The topological polar surface area (TPSA) is 88.2 Å². The average Bonchev–Trinajstić information content (AvgIpc) is 2.95. The quantitative estimate of drug-likeness (QED) is 0.292. The Morgan fingerprint density at radius 3 is 2.46 bits per heavy atom. The molecule has 1 aliphatic carbocycles. The number of carbonyl (C=O) groups is 1. The smallest absolute Gasteiger partial charge is 0.229 e. The van der Waals surface area contributed by atoms with E-state index in [4.69, 9.17) is 9.47 Å². The number of nitrogens with one attached hydrogen (secondary N) is 1. The molecule has 8 nitrogen and oxygen atoms in total. The molecule has 0 spiro atoms. The molecule has 226 valence electrons. The summed E-state index contributed by atoms with van der Waals surface area (Å²) in [5.74, 6) is 2.56. The standard InChI is InChI=1S/C32H47N3O5S/c1-4-5-20-35(32(36)21-25-10-7-6-8-11-25)28-12-9-19-34(24-28)23-26-13-16-29(17-14-26)40-30-18-15-27(22-31(30)39-2)33-41(3,37)38/h13-18,22,25,28,33H,4-12,19-21,23-24H2,1-3H3. The Labute approximate surface area is 246 Å². The molecule has 1 atom stereocenters. The van der Waals surface area contributed by atoms with Gasteiger partial charge < -0.3 is 14.4 Å². The van der Waals surface area contributed by atoms with Gasteiger partial charge in [-0.1, -0.05) is 44.7 Å². The van der Waals surface area contributed by atoms with Crippen molar-refractivity contribution in [1.82, 2.24) is 9.80 Å². The second-order valence-electron chi connectivity index (χ2n) is 11.7. The van der Waals surface area contributed by atoms with Crippen molar-refractivity contribution in [2.75, 3.05) is 37.7 Å². The van der Waals surface area contributed by atoms with Crippen LogP contribution in [-0.4, -0.2) is 63.2 Å². The summed E-state index contributed by atoms with van der Waals surface area (Å²) in [4.78, 5) is 18.2. The molecular weight excluding hydrogens is 538 g/mol. The van der Waals surface area contributed by atoms with Gasteiger partial charge in [0.2, 0.25) is 15.9 Å². The maximum absolute atomic E-state index is 13.4. The molecule has 1 amide bonds. The average molecular weight is 586 g/mol. The van der Waals surface area contributed by atoms with Crippen LogP contribution in [0.5, 0.6) is 17.2 Å². The third-order valence-electron chi connectivity index (χ3n) is 8.21. The molecule has 4 rings (SSSR count). The number of unbranched alkanes of at least 4 members (excludes halogenated alkanes) is 1. The fourth-order valence-corrected chi connectivity index (χ4v) is 6.66. The van der Waals surface area contributed by atoms with Crippen molar-refractivity contribution in [3.63, 3.8) is 0 Å². The molecule has 9 heteroatoms. The van der Waals surface area contributed by atoms with Crippen molar-refractivity contribution in [3.8, 4) is 17.2 Å². The molecule has 1 heterocycles. The van der Waals surface area contributed by atoms with E-state index in [0.29, 0.717) is 40.8 Å². The number of nitrogens with zero attached hydrogens (tertiary/aromatic N) is 2. The second-order valence-corrected chi connectivity index (χ2v) is 13.4. The van der Waals surface area contributed by atoms with Gasteiger partial charge in [-0.2, -0.15) is 0 Å². The number of anilines is 1. The Morgan fingerprint density at radius 1 is 1.02 bits per heavy atom. The summed E-state index contributed by atoms with van der Waals surface area (Å²) >= 11 is 0. The Kier molecular flexibility index (Phi) is 11.3. The summed E-state index contributed by atoms with van der Waals surface area (Å²) in [5, 5.41) is 0. The van der Waals surface area contributed by atoms with Crippen LogP contribution in [0.15, 0.2) is 42.5 Å². The molecule has 2 aromatic rings. The summed E-state index contributed by atoms with van der Waals surface area (Å²) < 4.78 is 37.0. The first kappa shape index (κ1) is 31.2. The van der Waals surface area contributed by atoms with Gasteiger partial charge in [0.1, 0.15) is 5.75 Å². The zero-order valence-electron chi connectivity index (χ0n) is 24.9. The van der Waals surface area contributed by atoms with E-state index in [0.717, 1.165) is 64.5 Å². The van der Waals surface area contributed by atoms with Gasteiger partial charge in [0.15, 0.2) is 11.5 Å². The summed E-state index contributed by atoms with van der Waals surface area (Å²) in [6, 6.07) is 13.3. The molecule has 0 bridgehead atoms. The lowest BCUT2D eigenvalue weighted by atomic mass is 9.86. The van der Waals surface area contributed by atoms with Crippen molar-refractivity contribution in [1.29, 1.82) is 0 Å². The minimum Gasteiger partial charge on any atom is -0.493 e. The molecule has 1 saturated heterocycles. The molecule has 1 unspecified atom stereocenters. The molecule has 2 aliphatic rings. The first-order chi connectivity index (χ1) is 19.7.